The zero-order chi connectivity index (χ0) is 14.3. The first-order valence-corrected chi connectivity index (χ1v) is 7.60. The SMILES string of the molecule is C1=CC2CCC1C2.c1ccc(N=Nc2ccccc2)cc1. The zero-order valence-corrected chi connectivity index (χ0v) is 12.1. The second kappa shape index (κ2) is 6.98. The van der Waals surface area contributed by atoms with Gasteiger partial charge in [0, 0.05) is 0 Å². The quantitative estimate of drug-likeness (QED) is 0.469. The first kappa shape index (κ1) is 13.7. The van der Waals surface area contributed by atoms with Crippen LogP contribution >= 0.6 is 0 Å². The number of azo groups is 1. The van der Waals surface area contributed by atoms with Crippen molar-refractivity contribution in [3.63, 3.8) is 0 Å². The molecule has 0 spiro atoms. The molecular weight excluding hydrogens is 256 g/mol. The minimum Gasteiger partial charge on any atom is -0.151 e. The summed E-state index contributed by atoms with van der Waals surface area (Å²) in [4.78, 5) is 0. The Hall–Kier alpha value is -2.22. The number of benzene rings is 2. The highest BCUT2D eigenvalue weighted by Gasteiger charge is 2.25. The minimum absolute atomic E-state index is 0.872. The molecule has 2 heteroatoms. The van der Waals surface area contributed by atoms with Gasteiger partial charge in [-0.3, -0.25) is 0 Å². The van der Waals surface area contributed by atoms with E-state index in [1.165, 1.54) is 19.3 Å². The maximum Gasteiger partial charge on any atom is 0.0857 e. The van der Waals surface area contributed by atoms with Crippen LogP contribution in [0.3, 0.4) is 0 Å². The highest BCUT2D eigenvalue weighted by Crippen LogP contribution is 2.38. The van der Waals surface area contributed by atoms with Crippen LogP contribution in [0.25, 0.3) is 0 Å². The molecule has 2 aromatic carbocycles. The number of rotatable bonds is 2. The van der Waals surface area contributed by atoms with Gasteiger partial charge in [-0.2, -0.15) is 10.2 Å². The highest BCUT2D eigenvalue weighted by molar-refractivity contribution is 5.39. The molecule has 0 aromatic heterocycles. The van der Waals surface area contributed by atoms with Crippen LogP contribution in [0.5, 0.6) is 0 Å². The van der Waals surface area contributed by atoms with E-state index in [1.807, 2.05) is 60.7 Å². The third-order valence-electron chi connectivity index (χ3n) is 3.96. The fourth-order valence-corrected chi connectivity index (χ4v) is 2.82. The summed E-state index contributed by atoms with van der Waals surface area (Å²) in [6, 6.07) is 19.4. The molecule has 0 saturated heterocycles. The van der Waals surface area contributed by atoms with Crippen molar-refractivity contribution in [2.24, 2.45) is 22.1 Å². The standard InChI is InChI=1S/C12H10N2.C7H10/c1-3-7-11(8-4-1)13-14-12-9-5-2-6-10-12;1-2-7-4-3-6(1)5-7/h1-10H;1-2,6-7H,3-5H2. The fourth-order valence-electron chi connectivity index (χ4n) is 2.82. The number of hydrogen-bond acceptors (Lipinski definition) is 2. The lowest BCUT2D eigenvalue weighted by Gasteiger charge is -1.96. The molecular formula is C19H20N2. The summed E-state index contributed by atoms with van der Waals surface area (Å²) in [6.45, 7) is 0. The van der Waals surface area contributed by atoms with E-state index in [4.69, 9.17) is 0 Å². The summed E-state index contributed by atoms with van der Waals surface area (Å²) in [5.74, 6) is 1.98. The van der Waals surface area contributed by atoms with Gasteiger partial charge < -0.3 is 0 Å². The second-order valence-corrected chi connectivity index (χ2v) is 5.59. The van der Waals surface area contributed by atoms with Crippen molar-refractivity contribution in [2.45, 2.75) is 19.3 Å². The second-order valence-electron chi connectivity index (χ2n) is 5.59. The Morgan fingerprint density at radius 1 is 0.619 bits per heavy atom. The Balaban J connectivity index is 0.000000156. The fraction of sp³-hybridized carbons (Fsp3) is 0.263. The normalized spacial score (nSPS) is 22.3. The summed E-state index contributed by atoms with van der Waals surface area (Å²) in [5.41, 5.74) is 1.74. The number of hydrogen-bond donors (Lipinski definition) is 0. The van der Waals surface area contributed by atoms with E-state index < -0.39 is 0 Å². The van der Waals surface area contributed by atoms with Crippen molar-refractivity contribution in [1.82, 2.24) is 0 Å². The molecule has 0 amide bonds. The molecule has 2 aromatic rings. The van der Waals surface area contributed by atoms with Crippen LogP contribution in [0.2, 0.25) is 0 Å². The van der Waals surface area contributed by atoms with E-state index in [9.17, 15) is 0 Å². The molecule has 2 bridgehead atoms. The summed E-state index contributed by atoms with van der Waals surface area (Å²) >= 11 is 0. The predicted molar refractivity (Wildman–Crippen MR) is 87.0 cm³/mol. The largest absolute Gasteiger partial charge is 0.151 e. The van der Waals surface area contributed by atoms with Gasteiger partial charge in [0.05, 0.1) is 11.4 Å². The van der Waals surface area contributed by atoms with Crippen molar-refractivity contribution in [3.05, 3.63) is 72.8 Å². The monoisotopic (exact) mass is 276 g/mol. The van der Waals surface area contributed by atoms with Crippen molar-refractivity contribution in [3.8, 4) is 0 Å². The average Bonchev–Trinajstić information content (AvgIpc) is 3.21. The van der Waals surface area contributed by atoms with Crippen molar-refractivity contribution in [1.29, 1.82) is 0 Å². The molecule has 106 valence electrons. The molecule has 21 heavy (non-hydrogen) atoms. The van der Waals surface area contributed by atoms with Crippen molar-refractivity contribution in [2.75, 3.05) is 0 Å². The number of allylic oxidation sites excluding steroid dienone is 2. The first-order valence-electron chi connectivity index (χ1n) is 7.60. The van der Waals surface area contributed by atoms with Gasteiger partial charge >= 0.3 is 0 Å². The summed E-state index contributed by atoms with van der Waals surface area (Å²) in [5, 5.41) is 8.20. The van der Waals surface area contributed by atoms with E-state index in [-0.39, 0.29) is 0 Å². The Morgan fingerprint density at radius 3 is 1.33 bits per heavy atom. The molecule has 0 heterocycles. The highest BCUT2D eigenvalue weighted by atomic mass is 15.1. The molecule has 1 saturated carbocycles. The van der Waals surface area contributed by atoms with Crippen LogP contribution in [-0.4, -0.2) is 0 Å². The number of nitrogens with zero attached hydrogens (tertiary/aromatic N) is 2. The molecule has 1 fully saturated rings. The van der Waals surface area contributed by atoms with E-state index in [2.05, 4.69) is 22.4 Å². The molecule has 2 unspecified atom stereocenters. The molecule has 2 aliphatic rings. The Labute approximate surface area is 126 Å². The first-order chi connectivity index (χ1) is 10.4. The lowest BCUT2D eigenvalue weighted by atomic mass is 10.1. The summed E-state index contributed by atoms with van der Waals surface area (Å²) < 4.78 is 0. The Kier molecular flexibility index (Phi) is 4.57. The summed E-state index contributed by atoms with van der Waals surface area (Å²) in [7, 11) is 0. The lowest BCUT2D eigenvalue weighted by Crippen LogP contribution is -1.82. The van der Waals surface area contributed by atoms with E-state index in [0.717, 1.165) is 23.2 Å². The molecule has 0 N–H and O–H groups in total. The lowest BCUT2D eigenvalue weighted by molar-refractivity contribution is 0.691. The third kappa shape index (κ3) is 4.12. The van der Waals surface area contributed by atoms with Gasteiger partial charge in [-0.25, -0.2) is 0 Å². The smallest absolute Gasteiger partial charge is 0.0857 e. The molecule has 0 radical (unpaired) electrons. The van der Waals surface area contributed by atoms with Gasteiger partial charge in [-0.1, -0.05) is 48.6 Å². The Bertz CT molecular complexity index is 548. The van der Waals surface area contributed by atoms with Gasteiger partial charge in [-0.05, 0) is 55.4 Å². The molecule has 4 rings (SSSR count). The topological polar surface area (TPSA) is 24.7 Å². The average molecular weight is 276 g/mol. The molecule has 0 aliphatic heterocycles. The van der Waals surface area contributed by atoms with Crippen LogP contribution in [0.1, 0.15) is 19.3 Å². The maximum absolute atomic E-state index is 4.10. The van der Waals surface area contributed by atoms with E-state index in [0.29, 0.717) is 0 Å². The van der Waals surface area contributed by atoms with Crippen LogP contribution in [0.4, 0.5) is 11.4 Å². The van der Waals surface area contributed by atoms with Crippen molar-refractivity contribution < 1.29 is 0 Å². The van der Waals surface area contributed by atoms with Crippen molar-refractivity contribution >= 4 is 11.4 Å². The summed E-state index contributed by atoms with van der Waals surface area (Å²) in [6.07, 6.45) is 9.19. The number of fused-ring (bicyclic) bond motifs is 2. The molecule has 2 atom stereocenters. The van der Waals surface area contributed by atoms with Crippen LogP contribution < -0.4 is 0 Å². The van der Waals surface area contributed by atoms with Gasteiger partial charge in [0.15, 0.2) is 0 Å². The Morgan fingerprint density at radius 2 is 1.05 bits per heavy atom. The molecule has 2 aliphatic carbocycles. The molecule has 2 nitrogen and oxygen atoms in total. The van der Waals surface area contributed by atoms with Gasteiger partial charge in [-0.15, -0.1) is 0 Å². The van der Waals surface area contributed by atoms with Gasteiger partial charge in [0.2, 0.25) is 0 Å². The van der Waals surface area contributed by atoms with E-state index in [1.54, 1.807) is 0 Å². The maximum atomic E-state index is 4.10. The van der Waals surface area contributed by atoms with E-state index >= 15 is 0 Å². The predicted octanol–water partition coefficient (Wildman–Crippen LogP) is 6.07. The van der Waals surface area contributed by atoms with Crippen LogP contribution in [0.15, 0.2) is 83.0 Å². The zero-order valence-electron chi connectivity index (χ0n) is 12.1. The van der Waals surface area contributed by atoms with Gasteiger partial charge in [0.25, 0.3) is 0 Å². The van der Waals surface area contributed by atoms with Gasteiger partial charge in [0.1, 0.15) is 0 Å². The third-order valence-corrected chi connectivity index (χ3v) is 3.96. The van der Waals surface area contributed by atoms with Crippen LogP contribution in [0, 0.1) is 11.8 Å². The van der Waals surface area contributed by atoms with Crippen LogP contribution in [-0.2, 0) is 0 Å². The minimum atomic E-state index is 0.872.